The molecule has 1 aliphatic carbocycles. The molecule has 2 N–H and O–H groups in total. The molecule has 1 saturated heterocycles. The van der Waals surface area contributed by atoms with Crippen molar-refractivity contribution in [2.75, 3.05) is 25.0 Å². The number of amides is 1. The molecule has 2 aromatic heterocycles. The first-order valence-corrected chi connectivity index (χ1v) is 11.4. The van der Waals surface area contributed by atoms with Crippen molar-refractivity contribution in [2.24, 2.45) is 0 Å². The zero-order chi connectivity index (χ0) is 22.2. The molecule has 2 aromatic carbocycles. The van der Waals surface area contributed by atoms with Crippen molar-refractivity contribution in [3.8, 4) is 11.1 Å². The number of imidazole rings is 1. The van der Waals surface area contributed by atoms with Gasteiger partial charge in [0, 0.05) is 31.2 Å². The van der Waals surface area contributed by atoms with Gasteiger partial charge in [-0.25, -0.2) is 9.78 Å². The van der Waals surface area contributed by atoms with Crippen molar-refractivity contribution in [2.45, 2.75) is 24.8 Å². The summed E-state index contributed by atoms with van der Waals surface area (Å²) in [5.41, 5.74) is 6.56. The molecule has 33 heavy (non-hydrogen) atoms. The van der Waals surface area contributed by atoms with Crippen LogP contribution in [-0.2, 0) is 4.74 Å². The number of rotatable bonds is 4. The highest BCUT2D eigenvalue weighted by atomic mass is 16.6. The van der Waals surface area contributed by atoms with E-state index in [1.807, 2.05) is 17.0 Å². The maximum absolute atomic E-state index is 12.8. The Hall–Kier alpha value is -3.87. The number of aromatic nitrogens is 3. The molecule has 0 bridgehead atoms. The summed E-state index contributed by atoms with van der Waals surface area (Å²) >= 11 is 0. The molecule has 0 saturated carbocycles. The second-order valence-electron chi connectivity index (χ2n) is 8.67. The average Bonchev–Trinajstić information content (AvgIpc) is 3.41. The lowest BCUT2D eigenvalue weighted by atomic mass is 9.98. The maximum atomic E-state index is 12.8. The van der Waals surface area contributed by atoms with E-state index >= 15 is 0 Å². The highest BCUT2D eigenvalue weighted by molar-refractivity contribution is 5.79. The molecule has 7 nitrogen and oxygen atoms in total. The number of anilines is 1. The molecular formula is C26H25N5O2. The van der Waals surface area contributed by atoms with Gasteiger partial charge in [0.25, 0.3) is 0 Å². The number of carbonyl (C=O) groups is 1. The van der Waals surface area contributed by atoms with Crippen LogP contribution >= 0.6 is 0 Å². The summed E-state index contributed by atoms with van der Waals surface area (Å²) in [6.45, 7) is 1.68. The minimum atomic E-state index is -0.233. The average molecular weight is 440 g/mol. The largest absolute Gasteiger partial charge is 0.448 e. The quantitative estimate of drug-likeness (QED) is 0.478. The normalized spacial score (nSPS) is 15.9. The molecule has 2 aliphatic rings. The summed E-state index contributed by atoms with van der Waals surface area (Å²) < 4.78 is 5.81. The number of nitrogens with one attached hydrogen (secondary N) is 2. The number of aromatic amines is 1. The lowest BCUT2D eigenvalue weighted by molar-refractivity contribution is 0.0915. The van der Waals surface area contributed by atoms with Gasteiger partial charge < -0.3 is 19.9 Å². The fraction of sp³-hybridized carbons (Fsp3) is 0.269. The Morgan fingerprint density at radius 2 is 1.70 bits per heavy atom. The van der Waals surface area contributed by atoms with Crippen LogP contribution in [0.5, 0.6) is 0 Å². The number of ether oxygens (including phenoxy) is 1. The number of nitrogens with zero attached hydrogens (tertiary/aromatic N) is 3. The van der Waals surface area contributed by atoms with Crippen LogP contribution in [0.1, 0.15) is 29.9 Å². The third kappa shape index (κ3) is 3.69. The number of hydrogen-bond acceptors (Lipinski definition) is 5. The molecule has 1 amide bonds. The molecule has 0 unspecified atom stereocenters. The van der Waals surface area contributed by atoms with Crippen LogP contribution < -0.4 is 5.32 Å². The van der Waals surface area contributed by atoms with Gasteiger partial charge >= 0.3 is 6.09 Å². The second-order valence-corrected chi connectivity index (χ2v) is 8.67. The fourth-order valence-electron chi connectivity index (χ4n) is 5.00. The van der Waals surface area contributed by atoms with Gasteiger partial charge in [0.1, 0.15) is 6.61 Å². The minimum Gasteiger partial charge on any atom is -0.448 e. The summed E-state index contributed by atoms with van der Waals surface area (Å²) in [6, 6.07) is 20.9. The molecule has 0 radical (unpaired) electrons. The maximum Gasteiger partial charge on any atom is 0.409 e. The summed E-state index contributed by atoms with van der Waals surface area (Å²) in [5, 5.41) is 3.44. The van der Waals surface area contributed by atoms with Crippen molar-refractivity contribution in [1.82, 2.24) is 19.9 Å². The van der Waals surface area contributed by atoms with E-state index in [9.17, 15) is 4.79 Å². The highest BCUT2D eigenvalue weighted by Crippen LogP contribution is 2.44. The molecule has 4 aromatic rings. The number of hydrogen-bond donors (Lipinski definition) is 2. The van der Waals surface area contributed by atoms with E-state index < -0.39 is 0 Å². The smallest absolute Gasteiger partial charge is 0.409 e. The molecule has 166 valence electrons. The monoisotopic (exact) mass is 439 g/mol. The number of benzene rings is 2. The number of likely N-dealkylation sites (tertiary alicyclic amines) is 1. The molecular weight excluding hydrogens is 414 g/mol. The van der Waals surface area contributed by atoms with E-state index in [0.717, 1.165) is 24.3 Å². The lowest BCUT2D eigenvalue weighted by Crippen LogP contribution is -2.43. The predicted octanol–water partition coefficient (Wildman–Crippen LogP) is 4.78. The zero-order valence-corrected chi connectivity index (χ0v) is 18.2. The topological polar surface area (TPSA) is 83.1 Å². The van der Waals surface area contributed by atoms with E-state index in [2.05, 4.69) is 68.8 Å². The van der Waals surface area contributed by atoms with E-state index in [1.165, 1.54) is 22.3 Å². The number of carbonyl (C=O) groups excluding carboxylic acids is 1. The molecule has 7 heteroatoms. The number of piperidine rings is 1. The fourth-order valence-corrected chi connectivity index (χ4v) is 5.00. The van der Waals surface area contributed by atoms with Gasteiger partial charge in [-0.3, -0.25) is 0 Å². The summed E-state index contributed by atoms with van der Waals surface area (Å²) in [6.07, 6.45) is 3.19. The first-order chi connectivity index (χ1) is 16.3. The standard InChI is InChI=1S/C26H25N5O2/c32-26(33-16-22-20-8-3-1-6-18(20)19-7-2-4-9-21(19)22)31-14-11-17(12-15-31)28-25-29-23-10-5-13-27-24(23)30-25/h1-10,13,17,22H,11-12,14-16H2,(H2,27,28,29,30). The Bertz CT molecular complexity index is 1230. The second kappa shape index (κ2) is 8.24. The summed E-state index contributed by atoms with van der Waals surface area (Å²) in [5.74, 6) is 0.811. The Labute approximate surface area is 191 Å². The first kappa shape index (κ1) is 19.8. The first-order valence-electron chi connectivity index (χ1n) is 11.4. The molecule has 6 rings (SSSR count). The molecule has 0 spiro atoms. The van der Waals surface area contributed by atoms with Gasteiger partial charge in [0.2, 0.25) is 5.95 Å². The minimum absolute atomic E-state index is 0.0854. The number of fused-ring (bicyclic) bond motifs is 4. The molecule has 1 aliphatic heterocycles. The molecule has 3 heterocycles. The van der Waals surface area contributed by atoms with Crippen molar-refractivity contribution in [1.29, 1.82) is 0 Å². The third-order valence-corrected chi connectivity index (χ3v) is 6.69. The zero-order valence-electron chi connectivity index (χ0n) is 18.2. The van der Waals surface area contributed by atoms with Crippen LogP contribution in [0.15, 0.2) is 66.9 Å². The highest BCUT2D eigenvalue weighted by Gasteiger charge is 2.30. The predicted molar refractivity (Wildman–Crippen MR) is 127 cm³/mol. The van der Waals surface area contributed by atoms with Gasteiger partial charge in [0.05, 0.1) is 5.52 Å². The van der Waals surface area contributed by atoms with Gasteiger partial charge in [-0.2, -0.15) is 4.98 Å². The van der Waals surface area contributed by atoms with Crippen LogP contribution in [0.25, 0.3) is 22.3 Å². The number of H-pyrrole nitrogens is 1. The van der Waals surface area contributed by atoms with Gasteiger partial charge in [-0.05, 0) is 47.2 Å². The van der Waals surface area contributed by atoms with Crippen LogP contribution in [-0.4, -0.2) is 51.7 Å². The van der Waals surface area contributed by atoms with Crippen molar-refractivity contribution < 1.29 is 9.53 Å². The van der Waals surface area contributed by atoms with Crippen LogP contribution in [0.4, 0.5) is 10.7 Å². The molecule has 1 fully saturated rings. The SMILES string of the molecule is O=C(OCC1c2ccccc2-c2ccccc21)N1CCC(Nc2nc3ncccc3[nH]2)CC1. The number of pyridine rings is 1. The van der Waals surface area contributed by atoms with Crippen LogP contribution in [0.3, 0.4) is 0 Å². The Kier molecular flexibility index (Phi) is 4.94. The van der Waals surface area contributed by atoms with Gasteiger partial charge in [-0.1, -0.05) is 48.5 Å². The van der Waals surface area contributed by atoms with E-state index in [1.54, 1.807) is 6.20 Å². The van der Waals surface area contributed by atoms with Gasteiger partial charge in [-0.15, -0.1) is 0 Å². The van der Waals surface area contributed by atoms with E-state index in [4.69, 9.17) is 4.74 Å². The van der Waals surface area contributed by atoms with Crippen molar-refractivity contribution in [3.63, 3.8) is 0 Å². The van der Waals surface area contributed by atoms with E-state index in [0.29, 0.717) is 25.3 Å². The van der Waals surface area contributed by atoms with Crippen LogP contribution in [0.2, 0.25) is 0 Å². The van der Waals surface area contributed by atoms with Crippen molar-refractivity contribution in [3.05, 3.63) is 78.0 Å². The van der Waals surface area contributed by atoms with E-state index in [-0.39, 0.29) is 18.1 Å². The Balaban J connectivity index is 1.06. The van der Waals surface area contributed by atoms with Crippen LogP contribution in [0, 0.1) is 0 Å². The lowest BCUT2D eigenvalue weighted by Gasteiger charge is -2.32. The Morgan fingerprint density at radius 3 is 2.39 bits per heavy atom. The summed E-state index contributed by atoms with van der Waals surface area (Å²) in [4.78, 5) is 26.6. The third-order valence-electron chi connectivity index (χ3n) is 6.69. The van der Waals surface area contributed by atoms with Crippen molar-refractivity contribution >= 4 is 23.2 Å². The van der Waals surface area contributed by atoms with Gasteiger partial charge in [0.15, 0.2) is 5.65 Å². The Morgan fingerprint density at radius 1 is 1.00 bits per heavy atom. The summed E-state index contributed by atoms with van der Waals surface area (Å²) in [7, 11) is 0. The molecule has 0 atom stereocenters.